The number of methoxy groups -OCH3 is 2. The lowest BCUT2D eigenvalue weighted by Crippen LogP contribution is -2.57. The van der Waals surface area contributed by atoms with Crippen LogP contribution in [0.5, 0.6) is 0 Å². The van der Waals surface area contributed by atoms with E-state index in [9.17, 15) is 14.4 Å². The summed E-state index contributed by atoms with van der Waals surface area (Å²) < 4.78 is 11.2. The smallest absolute Gasteiger partial charge is 0.320 e. The number of carboxylic acids is 1. The highest BCUT2D eigenvalue weighted by atomic mass is 16.7. The van der Waals surface area contributed by atoms with Crippen LogP contribution in [0.15, 0.2) is 60.7 Å². The van der Waals surface area contributed by atoms with Gasteiger partial charge in [-0.25, -0.2) is 4.90 Å². The Morgan fingerprint density at radius 1 is 0.882 bits per heavy atom. The molecular weight excluding hydrogens is 436 g/mol. The lowest BCUT2D eigenvalue weighted by Gasteiger charge is -2.40. The van der Waals surface area contributed by atoms with Crippen LogP contribution >= 0.6 is 0 Å². The fourth-order valence-corrected chi connectivity index (χ4v) is 3.79. The third-order valence-electron chi connectivity index (χ3n) is 5.74. The molecule has 1 atom stereocenters. The number of aryl methyl sites for hydroxylation is 2. The second-order valence-electron chi connectivity index (χ2n) is 8.05. The standard InChI is InChI=1S/C26H34N2O6/c1-33-26(34-2,19-9-14-22(27)25(31)32)28(23(29)17-15-20-10-5-3-6-11-20)24(30)18-16-21-12-7-4-8-13-21/h3-8,10-13,22H,9,14-19,27H2,1-2H3,(H,31,32)/t22-/m0/s1. The second kappa shape index (κ2) is 13.6. The number of ether oxygens (including phenoxy) is 2. The topological polar surface area (TPSA) is 119 Å². The molecule has 0 aliphatic rings. The number of carbonyl (C=O) groups is 3. The fourth-order valence-electron chi connectivity index (χ4n) is 3.79. The molecule has 2 aromatic rings. The van der Waals surface area contributed by atoms with Crippen molar-refractivity contribution in [2.75, 3.05) is 14.2 Å². The number of hydrogen-bond acceptors (Lipinski definition) is 6. The van der Waals surface area contributed by atoms with Gasteiger partial charge in [0.15, 0.2) is 0 Å². The average Bonchev–Trinajstić information content (AvgIpc) is 2.86. The number of benzene rings is 2. The zero-order valence-corrected chi connectivity index (χ0v) is 19.8. The monoisotopic (exact) mass is 470 g/mol. The minimum atomic E-state index is -1.65. The fraction of sp³-hybridized carbons (Fsp3) is 0.423. The maximum atomic E-state index is 13.4. The highest BCUT2D eigenvalue weighted by Crippen LogP contribution is 2.28. The van der Waals surface area contributed by atoms with Gasteiger partial charge in [0, 0.05) is 33.5 Å². The maximum absolute atomic E-state index is 13.4. The van der Waals surface area contributed by atoms with Crippen molar-refractivity contribution in [2.45, 2.75) is 56.9 Å². The van der Waals surface area contributed by atoms with Crippen molar-refractivity contribution in [3.8, 4) is 0 Å². The van der Waals surface area contributed by atoms with E-state index in [0.29, 0.717) is 12.8 Å². The minimum absolute atomic E-state index is 0.0875. The van der Waals surface area contributed by atoms with Gasteiger partial charge in [0.05, 0.1) is 0 Å². The first-order chi connectivity index (χ1) is 16.3. The summed E-state index contributed by atoms with van der Waals surface area (Å²) in [6.07, 6.45) is 1.60. The highest BCUT2D eigenvalue weighted by molar-refractivity contribution is 5.96. The van der Waals surface area contributed by atoms with Crippen LogP contribution in [0.1, 0.15) is 43.2 Å². The van der Waals surface area contributed by atoms with Gasteiger partial charge in [-0.05, 0) is 36.8 Å². The first kappa shape index (κ1) is 27.2. The van der Waals surface area contributed by atoms with Crippen LogP contribution < -0.4 is 5.73 Å². The van der Waals surface area contributed by atoms with E-state index in [1.165, 1.54) is 14.2 Å². The molecule has 0 spiro atoms. The van der Waals surface area contributed by atoms with E-state index < -0.39 is 29.7 Å². The number of hydrogen-bond donors (Lipinski definition) is 2. The molecule has 184 valence electrons. The van der Waals surface area contributed by atoms with Crippen LogP contribution in [-0.2, 0) is 36.7 Å². The van der Waals surface area contributed by atoms with Crippen molar-refractivity contribution < 1.29 is 29.0 Å². The molecule has 34 heavy (non-hydrogen) atoms. The van der Waals surface area contributed by atoms with E-state index in [4.69, 9.17) is 20.3 Å². The van der Waals surface area contributed by atoms with Crippen LogP contribution in [0.3, 0.4) is 0 Å². The van der Waals surface area contributed by atoms with E-state index in [2.05, 4.69) is 0 Å². The predicted octanol–water partition coefficient (Wildman–Crippen LogP) is 3.14. The molecule has 8 nitrogen and oxygen atoms in total. The predicted molar refractivity (Wildman–Crippen MR) is 128 cm³/mol. The normalized spacial score (nSPS) is 12.2. The van der Waals surface area contributed by atoms with Gasteiger partial charge < -0.3 is 20.3 Å². The molecular formula is C26H34N2O6. The van der Waals surface area contributed by atoms with E-state index in [1.807, 2.05) is 60.7 Å². The molecule has 2 aromatic carbocycles. The number of nitrogens with zero attached hydrogens (tertiary/aromatic N) is 1. The number of nitrogens with two attached hydrogens (primary N) is 1. The molecule has 2 rings (SSSR count). The minimum Gasteiger partial charge on any atom is -0.480 e. The van der Waals surface area contributed by atoms with Crippen LogP contribution in [0.2, 0.25) is 0 Å². The van der Waals surface area contributed by atoms with Crippen LogP contribution in [0, 0.1) is 0 Å². The SMILES string of the molecule is COC(CCC[C@H](N)C(=O)O)(OC)N(C(=O)CCc1ccccc1)C(=O)CCc1ccccc1. The van der Waals surface area contributed by atoms with Crippen LogP contribution in [0.25, 0.3) is 0 Å². The number of imide groups is 1. The van der Waals surface area contributed by atoms with Gasteiger partial charge in [0.1, 0.15) is 6.04 Å². The Balaban J connectivity index is 2.22. The molecule has 0 aliphatic heterocycles. The Labute approximate surface area is 200 Å². The quantitative estimate of drug-likeness (QED) is 0.407. The van der Waals surface area contributed by atoms with Gasteiger partial charge in [0.2, 0.25) is 11.8 Å². The van der Waals surface area contributed by atoms with Crippen LogP contribution in [0.4, 0.5) is 0 Å². The number of amides is 2. The lowest BCUT2D eigenvalue weighted by molar-refractivity contribution is -0.284. The summed E-state index contributed by atoms with van der Waals surface area (Å²) in [4.78, 5) is 38.9. The van der Waals surface area contributed by atoms with Gasteiger partial charge in [-0.3, -0.25) is 14.4 Å². The molecule has 0 saturated heterocycles. The van der Waals surface area contributed by atoms with Crippen molar-refractivity contribution in [3.63, 3.8) is 0 Å². The molecule has 3 N–H and O–H groups in total. The first-order valence-corrected chi connectivity index (χ1v) is 11.4. The molecule has 2 amide bonds. The lowest BCUT2D eigenvalue weighted by atomic mass is 10.0. The molecule has 8 heteroatoms. The molecule has 0 bridgehead atoms. The molecule has 0 fully saturated rings. The first-order valence-electron chi connectivity index (χ1n) is 11.4. The zero-order chi connectivity index (χ0) is 25.0. The number of carboxylic acid groups (broad SMARTS) is 1. The third-order valence-corrected chi connectivity index (χ3v) is 5.74. The van der Waals surface area contributed by atoms with Gasteiger partial charge in [0.25, 0.3) is 5.91 Å². The molecule has 0 aromatic heterocycles. The molecule has 0 unspecified atom stereocenters. The zero-order valence-electron chi connectivity index (χ0n) is 19.8. The highest BCUT2D eigenvalue weighted by Gasteiger charge is 2.44. The molecule has 0 aliphatic carbocycles. The van der Waals surface area contributed by atoms with E-state index >= 15 is 0 Å². The molecule has 0 heterocycles. The Morgan fingerprint density at radius 3 is 1.71 bits per heavy atom. The van der Waals surface area contributed by atoms with Crippen molar-refractivity contribution in [2.24, 2.45) is 5.73 Å². The Kier molecular flexibility index (Phi) is 10.9. The number of rotatable bonds is 14. The van der Waals surface area contributed by atoms with Crippen molar-refractivity contribution >= 4 is 17.8 Å². The number of aliphatic carboxylic acids is 1. The van der Waals surface area contributed by atoms with Gasteiger partial charge in [-0.15, -0.1) is 0 Å². The van der Waals surface area contributed by atoms with E-state index in [-0.39, 0.29) is 32.1 Å². The largest absolute Gasteiger partial charge is 0.480 e. The second-order valence-corrected chi connectivity index (χ2v) is 8.05. The third kappa shape index (κ3) is 7.76. The van der Waals surface area contributed by atoms with E-state index in [1.54, 1.807) is 0 Å². The van der Waals surface area contributed by atoms with E-state index in [0.717, 1.165) is 16.0 Å². The Hall–Kier alpha value is -3.07. The van der Waals surface area contributed by atoms with Gasteiger partial charge in [-0.2, -0.15) is 0 Å². The maximum Gasteiger partial charge on any atom is 0.320 e. The summed E-state index contributed by atoms with van der Waals surface area (Å²) in [6.45, 7) is 0. The Bertz CT molecular complexity index is 860. The van der Waals surface area contributed by atoms with Crippen molar-refractivity contribution in [1.82, 2.24) is 4.90 Å². The summed E-state index contributed by atoms with van der Waals surface area (Å²) in [7, 11) is 2.73. The summed E-state index contributed by atoms with van der Waals surface area (Å²) >= 11 is 0. The van der Waals surface area contributed by atoms with Crippen molar-refractivity contribution in [3.05, 3.63) is 71.8 Å². The van der Waals surface area contributed by atoms with Crippen molar-refractivity contribution in [1.29, 1.82) is 0 Å². The summed E-state index contributed by atoms with van der Waals surface area (Å²) in [5.74, 6) is -3.61. The average molecular weight is 471 g/mol. The van der Waals surface area contributed by atoms with Crippen LogP contribution in [-0.4, -0.2) is 54.0 Å². The van der Waals surface area contributed by atoms with Gasteiger partial charge >= 0.3 is 5.97 Å². The summed E-state index contributed by atoms with van der Waals surface area (Å²) in [6, 6.07) is 18.0. The summed E-state index contributed by atoms with van der Waals surface area (Å²) in [5.41, 5.74) is 7.57. The molecule has 0 radical (unpaired) electrons. The molecule has 0 saturated carbocycles. The Morgan fingerprint density at radius 2 is 1.32 bits per heavy atom. The van der Waals surface area contributed by atoms with Gasteiger partial charge in [-0.1, -0.05) is 60.7 Å². The number of carbonyl (C=O) groups excluding carboxylic acids is 2. The summed E-state index contributed by atoms with van der Waals surface area (Å²) in [5, 5.41) is 9.06.